The summed E-state index contributed by atoms with van der Waals surface area (Å²) in [5.41, 5.74) is 7.81. The van der Waals surface area contributed by atoms with Gasteiger partial charge in [0.05, 0.1) is 48.4 Å². The van der Waals surface area contributed by atoms with Crippen LogP contribution < -0.4 is 5.32 Å². The predicted molar refractivity (Wildman–Crippen MR) is 272 cm³/mol. The number of carbonyl (C=O) groups is 3. The van der Waals surface area contributed by atoms with Crippen LogP contribution in [0.1, 0.15) is 77.1 Å². The second kappa shape index (κ2) is 22.3. The summed E-state index contributed by atoms with van der Waals surface area (Å²) in [7, 11) is 2.70. The van der Waals surface area contributed by atoms with Crippen LogP contribution >= 0.6 is 54.0 Å². The number of H-pyrrole nitrogens is 2. The lowest BCUT2D eigenvalue weighted by atomic mass is 9.97. The molecule has 0 radical (unpaired) electrons. The van der Waals surface area contributed by atoms with Gasteiger partial charge in [0, 0.05) is 13.1 Å². The number of carbonyl (C=O) groups excluding carboxylic acids is 3. The lowest BCUT2D eigenvalue weighted by Gasteiger charge is -2.29. The molecule has 3 N–H and O–H groups in total. The highest BCUT2D eigenvalue weighted by molar-refractivity contribution is 7.59. The van der Waals surface area contributed by atoms with Gasteiger partial charge in [-0.3, -0.25) is 9.59 Å². The van der Waals surface area contributed by atoms with Crippen LogP contribution in [-0.4, -0.2) is 93.4 Å². The maximum absolute atomic E-state index is 13.7. The van der Waals surface area contributed by atoms with Crippen LogP contribution in [0.5, 0.6) is 0 Å². The van der Waals surface area contributed by atoms with Gasteiger partial charge in [-0.05, 0) is 107 Å². The van der Waals surface area contributed by atoms with Gasteiger partial charge in [0.25, 0.3) is 0 Å². The van der Waals surface area contributed by atoms with Crippen molar-refractivity contribution in [2.24, 2.45) is 16.8 Å². The fraction of sp³-hybridized carbons (Fsp3) is 0.391. The Balaban J connectivity index is 0.00000224. The van der Waals surface area contributed by atoms with Gasteiger partial charge < -0.3 is 34.7 Å². The molecular formula is C46H60N8O6S4. The number of ether oxygens (including phenoxy) is 1. The molecule has 2 aromatic heterocycles. The van der Waals surface area contributed by atoms with Gasteiger partial charge in [-0.1, -0.05) is 64.1 Å². The number of aliphatic imine (C=N–C) groups is 1. The maximum Gasteiger partial charge on any atom is 0.407 e. The number of benzene rings is 4. The number of imidazole rings is 2. The molecule has 0 spiro atoms. The van der Waals surface area contributed by atoms with Crippen LogP contribution in [0.15, 0.2) is 77.8 Å². The van der Waals surface area contributed by atoms with E-state index < -0.39 is 18.2 Å². The highest BCUT2D eigenvalue weighted by atomic mass is 32.1. The molecule has 14 nitrogen and oxygen atoms in total. The lowest BCUT2D eigenvalue weighted by Crippen LogP contribution is -2.51. The zero-order valence-corrected chi connectivity index (χ0v) is 40.9. The number of alkyl carbamates (subject to hydrolysis) is 1. The third kappa shape index (κ3) is 10.6. The molecule has 3 amide bonds. The summed E-state index contributed by atoms with van der Waals surface area (Å²) in [6, 6.07) is 23.8. The van der Waals surface area contributed by atoms with E-state index in [0.29, 0.717) is 13.1 Å². The van der Waals surface area contributed by atoms with Gasteiger partial charge in [-0.15, -0.1) is 0 Å². The summed E-state index contributed by atoms with van der Waals surface area (Å²) in [6.45, 7) is 9.01. The first-order valence-electron chi connectivity index (χ1n) is 20.7. The van der Waals surface area contributed by atoms with Crippen LogP contribution in [-0.2, 0) is 24.1 Å². The molecule has 0 unspecified atom stereocenters. The number of hydrogen-bond acceptors (Lipinski definition) is 9. The van der Waals surface area contributed by atoms with E-state index in [-0.39, 0.29) is 89.7 Å². The van der Waals surface area contributed by atoms with E-state index in [0.717, 1.165) is 92.4 Å². The number of rotatable bonds is 12. The van der Waals surface area contributed by atoms with Crippen molar-refractivity contribution in [1.82, 2.24) is 35.1 Å². The number of nitrogens with one attached hydrogen (secondary N) is 3. The number of aromatic amines is 2. The molecule has 0 saturated carbocycles. The SMILES string of the molecule is COOC=N[C@H](C(=O)N1CCC[C@H]1c1nc2ccc(-c3ccc4cc(-c5ccc6nc([C@@H]7CCCN7C(=O)[C@@H](NC(=O)OC)C(C)C)[nH]c6c5)ccc4c3)cc2[nH]1)C(C)C.S.S.S.S. The Hall–Kier alpha value is -4.88. The molecule has 8 rings (SSSR count). The number of aromatic nitrogens is 4. The van der Waals surface area contributed by atoms with E-state index in [1.807, 2.05) is 49.6 Å². The molecule has 344 valence electrons. The first-order valence-corrected chi connectivity index (χ1v) is 20.7. The molecule has 18 heteroatoms. The molecular weight excluding hydrogens is 889 g/mol. The molecule has 2 fully saturated rings. The monoisotopic (exact) mass is 948 g/mol. The van der Waals surface area contributed by atoms with Crippen molar-refractivity contribution in [3.63, 3.8) is 0 Å². The molecule has 64 heavy (non-hydrogen) atoms. The van der Waals surface area contributed by atoms with Crippen molar-refractivity contribution >= 4 is 111 Å². The minimum Gasteiger partial charge on any atom is -0.453 e. The third-order valence-electron chi connectivity index (χ3n) is 11.8. The summed E-state index contributed by atoms with van der Waals surface area (Å²) < 4.78 is 4.78. The Kier molecular flexibility index (Phi) is 18.1. The normalized spacial score (nSPS) is 16.9. The predicted octanol–water partition coefficient (Wildman–Crippen LogP) is 8.72. The Labute approximate surface area is 401 Å². The summed E-state index contributed by atoms with van der Waals surface area (Å²) in [5, 5.41) is 4.96. The zero-order valence-electron chi connectivity index (χ0n) is 36.9. The van der Waals surface area contributed by atoms with Crippen LogP contribution in [0.2, 0.25) is 0 Å². The molecule has 4 aromatic carbocycles. The van der Waals surface area contributed by atoms with Gasteiger partial charge in [-0.2, -0.15) is 58.9 Å². The van der Waals surface area contributed by atoms with Crippen LogP contribution in [0.3, 0.4) is 0 Å². The number of nitrogens with zero attached hydrogens (tertiary/aromatic N) is 5. The van der Waals surface area contributed by atoms with Gasteiger partial charge in [0.2, 0.25) is 18.2 Å². The molecule has 2 saturated heterocycles. The van der Waals surface area contributed by atoms with Crippen molar-refractivity contribution in [2.75, 3.05) is 27.3 Å². The van der Waals surface area contributed by atoms with Crippen molar-refractivity contribution in [3.05, 3.63) is 84.4 Å². The van der Waals surface area contributed by atoms with Crippen molar-refractivity contribution in [2.45, 2.75) is 77.5 Å². The second-order valence-electron chi connectivity index (χ2n) is 16.4. The van der Waals surface area contributed by atoms with Crippen LogP contribution in [0.25, 0.3) is 55.1 Å². The van der Waals surface area contributed by atoms with Crippen LogP contribution in [0.4, 0.5) is 4.79 Å². The Morgan fingerprint density at radius 3 is 1.61 bits per heavy atom. The van der Waals surface area contributed by atoms with Crippen molar-refractivity contribution < 1.29 is 28.9 Å². The van der Waals surface area contributed by atoms with Crippen molar-refractivity contribution in [1.29, 1.82) is 0 Å². The fourth-order valence-corrected chi connectivity index (χ4v) is 8.67. The molecule has 4 atom stereocenters. The van der Waals surface area contributed by atoms with Gasteiger partial charge in [-0.25, -0.2) is 19.8 Å². The highest BCUT2D eigenvalue weighted by Crippen LogP contribution is 2.36. The molecule has 0 bridgehead atoms. The molecule has 2 aliphatic rings. The fourth-order valence-electron chi connectivity index (χ4n) is 8.67. The van der Waals surface area contributed by atoms with E-state index >= 15 is 0 Å². The number of methoxy groups -OCH3 is 1. The van der Waals surface area contributed by atoms with Crippen LogP contribution in [0, 0.1) is 11.8 Å². The summed E-state index contributed by atoms with van der Waals surface area (Å²) in [4.78, 5) is 73.8. The van der Waals surface area contributed by atoms with E-state index in [2.05, 4.69) is 85.8 Å². The van der Waals surface area contributed by atoms with E-state index in [9.17, 15) is 14.4 Å². The Morgan fingerprint density at radius 1 is 0.688 bits per heavy atom. The Morgan fingerprint density at radius 2 is 1.16 bits per heavy atom. The van der Waals surface area contributed by atoms with Crippen molar-refractivity contribution in [3.8, 4) is 22.3 Å². The number of amides is 3. The topological polar surface area (TPSA) is 167 Å². The first kappa shape index (κ1) is 51.8. The lowest BCUT2D eigenvalue weighted by molar-refractivity contribution is -0.188. The summed E-state index contributed by atoms with van der Waals surface area (Å²) in [6.07, 6.45) is 3.92. The highest BCUT2D eigenvalue weighted by Gasteiger charge is 2.38. The number of fused-ring (bicyclic) bond motifs is 3. The Bertz CT molecular complexity index is 2600. The number of likely N-dealkylation sites (tertiary alicyclic amines) is 2. The molecule has 4 heterocycles. The maximum atomic E-state index is 13.7. The zero-order chi connectivity index (χ0) is 42.1. The first-order chi connectivity index (χ1) is 29.0. The molecule has 0 aliphatic carbocycles. The van der Waals surface area contributed by atoms with Gasteiger partial charge >= 0.3 is 6.09 Å². The minimum absolute atomic E-state index is 0. The second-order valence-corrected chi connectivity index (χ2v) is 16.4. The summed E-state index contributed by atoms with van der Waals surface area (Å²) in [5.74, 6) is 1.23. The molecule has 2 aliphatic heterocycles. The largest absolute Gasteiger partial charge is 0.453 e. The van der Waals surface area contributed by atoms with E-state index in [1.54, 1.807) is 0 Å². The van der Waals surface area contributed by atoms with Gasteiger partial charge in [0.1, 0.15) is 23.7 Å². The average molecular weight is 949 g/mol. The summed E-state index contributed by atoms with van der Waals surface area (Å²) >= 11 is 0. The quantitative estimate of drug-likeness (QED) is 0.0474. The minimum atomic E-state index is -0.688. The molecule has 6 aromatic rings. The van der Waals surface area contributed by atoms with E-state index in [4.69, 9.17) is 19.6 Å². The smallest absolute Gasteiger partial charge is 0.407 e. The van der Waals surface area contributed by atoms with Gasteiger partial charge in [0.15, 0.2) is 0 Å². The number of hydrogen-bond donors (Lipinski definition) is 3. The third-order valence-corrected chi connectivity index (χ3v) is 11.8. The van der Waals surface area contributed by atoms with E-state index in [1.165, 1.54) is 20.6 Å². The average Bonchev–Trinajstić information content (AvgIpc) is 4.08. The standard InChI is InChI=1S/C46H52N8O6.4H2S/c1-26(2)40(47-25-60-59-6)44(55)53-19-7-9-38(53)42-48-34-17-15-32(23-36(34)50-42)30-13-11-29-22-31(14-12-28(29)21-30)33-16-18-35-37(24-33)51-43(49-35)39-10-8-20-54(39)45(56)41(27(3)4)52-46(57)58-5;;;;/h11-18,21-27,38-41H,7-10,19-20H2,1-6H3,(H,48,50)(H,49,51)(H,52,57);4*1H2/t38-,39-,40-,41-;;;;/m0..../s1.